The van der Waals surface area contributed by atoms with Gasteiger partial charge >= 0.3 is 0 Å². The number of ether oxygens (including phenoxy) is 1. The molecule has 1 aliphatic heterocycles. The van der Waals surface area contributed by atoms with Gasteiger partial charge in [-0.05, 0) is 26.0 Å². The van der Waals surface area contributed by atoms with Crippen molar-refractivity contribution < 1.29 is 4.74 Å². The van der Waals surface area contributed by atoms with Crippen LogP contribution in [0.1, 0.15) is 19.5 Å². The van der Waals surface area contributed by atoms with Crippen molar-refractivity contribution in [3.63, 3.8) is 0 Å². The molecule has 1 saturated heterocycles. The number of nitrogens with two attached hydrogens (primary N) is 1. The summed E-state index contributed by atoms with van der Waals surface area (Å²) in [5, 5.41) is 0. The summed E-state index contributed by atoms with van der Waals surface area (Å²) >= 11 is 0. The first-order chi connectivity index (χ1) is 8.66. The van der Waals surface area contributed by atoms with Crippen LogP contribution in [0.15, 0.2) is 24.4 Å². The number of aromatic nitrogens is 1. The monoisotopic (exact) mass is 249 g/mol. The lowest BCUT2D eigenvalue weighted by Gasteiger charge is -2.37. The molecule has 1 aromatic rings. The Balaban J connectivity index is 1.90. The molecule has 100 valence electrons. The van der Waals surface area contributed by atoms with Crippen LogP contribution in [0.25, 0.3) is 0 Å². The van der Waals surface area contributed by atoms with E-state index in [1.165, 1.54) is 0 Å². The van der Waals surface area contributed by atoms with E-state index < -0.39 is 0 Å². The zero-order valence-corrected chi connectivity index (χ0v) is 11.2. The summed E-state index contributed by atoms with van der Waals surface area (Å²) in [6.45, 7) is 7.13. The second kappa shape index (κ2) is 6.27. The van der Waals surface area contributed by atoms with Gasteiger partial charge in [-0.2, -0.15) is 0 Å². The van der Waals surface area contributed by atoms with Crippen molar-refractivity contribution in [1.29, 1.82) is 0 Å². The van der Waals surface area contributed by atoms with Gasteiger partial charge in [-0.3, -0.25) is 9.88 Å². The molecule has 2 atom stereocenters. The second-order valence-electron chi connectivity index (χ2n) is 5.19. The molecule has 1 aromatic heterocycles. The maximum Gasteiger partial charge on any atom is 0.0857 e. The Kier molecular flexibility index (Phi) is 4.69. The molecule has 18 heavy (non-hydrogen) atoms. The minimum absolute atomic E-state index is 0.0152. The van der Waals surface area contributed by atoms with E-state index >= 15 is 0 Å². The Labute approximate surface area is 109 Å². The lowest BCUT2D eigenvalue weighted by Crippen LogP contribution is -2.53. The molecule has 2 heterocycles. The van der Waals surface area contributed by atoms with Gasteiger partial charge in [-0.25, -0.2) is 0 Å². The van der Waals surface area contributed by atoms with E-state index in [1.807, 2.05) is 24.4 Å². The van der Waals surface area contributed by atoms with Crippen LogP contribution in [-0.2, 0) is 11.2 Å². The average Bonchev–Trinajstić information content (AvgIpc) is 2.40. The zero-order chi connectivity index (χ0) is 13.0. The highest BCUT2D eigenvalue weighted by atomic mass is 16.5. The number of nitrogens with zero attached hydrogens (tertiary/aromatic N) is 2. The van der Waals surface area contributed by atoms with Gasteiger partial charge in [0, 0.05) is 43.5 Å². The van der Waals surface area contributed by atoms with Crippen LogP contribution in [-0.4, -0.2) is 47.8 Å². The third kappa shape index (κ3) is 3.51. The first-order valence-electron chi connectivity index (χ1n) is 6.68. The van der Waals surface area contributed by atoms with E-state index in [9.17, 15) is 0 Å². The molecule has 4 nitrogen and oxygen atoms in total. The topological polar surface area (TPSA) is 51.4 Å². The fourth-order valence-electron chi connectivity index (χ4n) is 2.32. The minimum atomic E-state index is 0.0152. The van der Waals surface area contributed by atoms with Crippen LogP contribution in [0.4, 0.5) is 0 Å². The molecule has 0 bridgehead atoms. The van der Waals surface area contributed by atoms with Gasteiger partial charge in [0.15, 0.2) is 0 Å². The lowest BCUT2D eigenvalue weighted by atomic mass is 10.0. The third-order valence-corrected chi connectivity index (χ3v) is 3.50. The van der Waals surface area contributed by atoms with E-state index in [1.54, 1.807) is 0 Å². The molecule has 1 aliphatic rings. The quantitative estimate of drug-likeness (QED) is 0.867. The van der Waals surface area contributed by atoms with Crippen LogP contribution in [0, 0.1) is 0 Å². The Morgan fingerprint density at radius 1 is 1.50 bits per heavy atom. The van der Waals surface area contributed by atoms with Crippen molar-refractivity contribution in [3.05, 3.63) is 30.1 Å². The summed E-state index contributed by atoms with van der Waals surface area (Å²) < 4.78 is 5.80. The number of hydrogen-bond acceptors (Lipinski definition) is 4. The molecule has 4 heteroatoms. The number of morpholine rings is 1. The van der Waals surface area contributed by atoms with Gasteiger partial charge in [-0.15, -0.1) is 0 Å². The summed E-state index contributed by atoms with van der Waals surface area (Å²) in [7, 11) is 0. The highest BCUT2D eigenvalue weighted by Crippen LogP contribution is 2.13. The maximum atomic E-state index is 6.25. The van der Waals surface area contributed by atoms with E-state index in [0.717, 1.165) is 31.8 Å². The Morgan fingerprint density at radius 3 is 3.00 bits per heavy atom. The van der Waals surface area contributed by atoms with Gasteiger partial charge in [0.05, 0.1) is 12.7 Å². The molecule has 0 amide bonds. The van der Waals surface area contributed by atoms with Crippen molar-refractivity contribution in [1.82, 2.24) is 9.88 Å². The van der Waals surface area contributed by atoms with Crippen LogP contribution in [0.3, 0.4) is 0 Å². The van der Waals surface area contributed by atoms with Crippen LogP contribution in [0.2, 0.25) is 0 Å². The third-order valence-electron chi connectivity index (χ3n) is 3.50. The number of rotatable bonds is 4. The molecule has 2 N–H and O–H groups in total. The first kappa shape index (κ1) is 13.5. The Morgan fingerprint density at radius 2 is 2.33 bits per heavy atom. The maximum absolute atomic E-state index is 6.25. The summed E-state index contributed by atoms with van der Waals surface area (Å²) in [6.07, 6.45) is 2.70. The predicted octanol–water partition coefficient (Wildman–Crippen LogP) is 1.06. The molecule has 0 aliphatic carbocycles. The summed E-state index contributed by atoms with van der Waals surface area (Å²) in [5.74, 6) is 0. The average molecular weight is 249 g/mol. The standard InChI is InChI=1S/C14H23N3O/c1-11(2)17-7-8-18-14(10-17)13(15)9-12-5-3-4-6-16-12/h3-6,11,13-14H,7-10,15H2,1-2H3. The van der Waals surface area contributed by atoms with E-state index in [2.05, 4.69) is 23.7 Å². The molecular weight excluding hydrogens is 226 g/mol. The van der Waals surface area contributed by atoms with Crippen molar-refractivity contribution in [3.8, 4) is 0 Å². The number of pyridine rings is 1. The molecule has 0 radical (unpaired) electrons. The van der Waals surface area contributed by atoms with Crippen LogP contribution < -0.4 is 5.73 Å². The summed E-state index contributed by atoms with van der Waals surface area (Å²) in [4.78, 5) is 6.74. The smallest absolute Gasteiger partial charge is 0.0857 e. The molecule has 2 unspecified atom stereocenters. The highest BCUT2D eigenvalue weighted by molar-refractivity contribution is 5.06. The second-order valence-corrected chi connectivity index (χ2v) is 5.19. The van der Waals surface area contributed by atoms with Gasteiger partial charge < -0.3 is 10.5 Å². The molecule has 0 spiro atoms. The molecular formula is C14H23N3O. The van der Waals surface area contributed by atoms with E-state index in [-0.39, 0.29) is 12.1 Å². The van der Waals surface area contributed by atoms with Crippen molar-refractivity contribution >= 4 is 0 Å². The van der Waals surface area contributed by atoms with Gasteiger partial charge in [-0.1, -0.05) is 6.07 Å². The van der Waals surface area contributed by atoms with E-state index in [4.69, 9.17) is 10.5 Å². The van der Waals surface area contributed by atoms with Gasteiger partial charge in [0.1, 0.15) is 0 Å². The lowest BCUT2D eigenvalue weighted by molar-refractivity contribution is -0.0496. The largest absolute Gasteiger partial charge is 0.374 e. The SMILES string of the molecule is CC(C)N1CCOC(C(N)Cc2ccccn2)C1. The number of hydrogen-bond donors (Lipinski definition) is 1. The molecule has 1 fully saturated rings. The Hall–Kier alpha value is -0.970. The predicted molar refractivity (Wildman–Crippen MR) is 72.4 cm³/mol. The van der Waals surface area contributed by atoms with Crippen molar-refractivity contribution in [2.45, 2.75) is 38.5 Å². The molecule has 2 rings (SSSR count). The minimum Gasteiger partial charge on any atom is -0.374 e. The fourth-order valence-corrected chi connectivity index (χ4v) is 2.32. The highest BCUT2D eigenvalue weighted by Gasteiger charge is 2.27. The van der Waals surface area contributed by atoms with Crippen LogP contribution in [0.5, 0.6) is 0 Å². The Bertz CT molecular complexity index is 355. The molecule has 0 aromatic carbocycles. The zero-order valence-electron chi connectivity index (χ0n) is 11.2. The first-order valence-corrected chi connectivity index (χ1v) is 6.68. The summed E-state index contributed by atoms with van der Waals surface area (Å²) in [6, 6.07) is 6.51. The summed E-state index contributed by atoms with van der Waals surface area (Å²) in [5.41, 5.74) is 7.29. The normalized spacial score (nSPS) is 23.2. The van der Waals surface area contributed by atoms with Crippen molar-refractivity contribution in [2.75, 3.05) is 19.7 Å². The van der Waals surface area contributed by atoms with Crippen LogP contribution >= 0.6 is 0 Å². The van der Waals surface area contributed by atoms with Gasteiger partial charge in [0.25, 0.3) is 0 Å². The van der Waals surface area contributed by atoms with E-state index in [0.29, 0.717) is 6.04 Å². The fraction of sp³-hybridized carbons (Fsp3) is 0.643. The van der Waals surface area contributed by atoms with Crippen molar-refractivity contribution in [2.24, 2.45) is 5.73 Å². The van der Waals surface area contributed by atoms with Gasteiger partial charge in [0.2, 0.25) is 0 Å². The molecule has 0 saturated carbocycles.